The molecule has 0 fully saturated rings. The molecule has 8 nitrogen and oxygen atoms in total. The minimum atomic E-state index is -0.861. The second-order valence-electron chi connectivity index (χ2n) is 5.43. The second-order valence-corrected chi connectivity index (χ2v) is 5.87. The number of nitro groups is 1. The van der Waals surface area contributed by atoms with Gasteiger partial charge in [-0.25, -0.2) is 0 Å². The number of carbonyl (C=O) groups excluding carboxylic acids is 2. The third-order valence-corrected chi connectivity index (χ3v) is 3.71. The Morgan fingerprint density at radius 1 is 1.15 bits per heavy atom. The molecule has 0 atom stereocenters. The van der Waals surface area contributed by atoms with Crippen LogP contribution in [0.5, 0.6) is 5.75 Å². The molecule has 2 aromatic carbocycles. The molecule has 0 aliphatic carbocycles. The van der Waals surface area contributed by atoms with Gasteiger partial charge in [0.25, 0.3) is 17.5 Å². The van der Waals surface area contributed by atoms with E-state index < -0.39 is 22.4 Å². The fourth-order valence-corrected chi connectivity index (χ4v) is 2.42. The van der Waals surface area contributed by atoms with Crippen LogP contribution in [0.4, 0.5) is 5.69 Å². The average Bonchev–Trinajstić information content (AvgIpc) is 2.58. The molecule has 0 heterocycles. The minimum absolute atomic E-state index is 0.158. The van der Waals surface area contributed by atoms with Crippen molar-refractivity contribution in [3.63, 3.8) is 0 Å². The molecular formula is C17H16ClN3O5. The summed E-state index contributed by atoms with van der Waals surface area (Å²) < 4.78 is 5.46. The first-order valence-electron chi connectivity index (χ1n) is 7.51. The van der Waals surface area contributed by atoms with Crippen LogP contribution in [0.1, 0.15) is 21.5 Å². The number of amides is 2. The predicted octanol–water partition coefficient (Wildman–Crippen LogP) is 2.71. The Labute approximate surface area is 154 Å². The van der Waals surface area contributed by atoms with E-state index in [2.05, 4.69) is 10.9 Å². The molecule has 2 rings (SSSR count). The summed E-state index contributed by atoms with van der Waals surface area (Å²) in [4.78, 5) is 34.2. The molecule has 2 aromatic rings. The molecule has 2 amide bonds. The molecular weight excluding hydrogens is 362 g/mol. The van der Waals surface area contributed by atoms with E-state index in [0.29, 0.717) is 5.75 Å². The van der Waals surface area contributed by atoms with Gasteiger partial charge in [-0.3, -0.25) is 30.6 Å². The Balaban J connectivity index is 1.96. The number of benzene rings is 2. The maximum absolute atomic E-state index is 12.1. The highest BCUT2D eigenvalue weighted by atomic mass is 35.5. The van der Waals surface area contributed by atoms with Gasteiger partial charge < -0.3 is 4.74 Å². The second kappa shape index (κ2) is 8.30. The average molecular weight is 378 g/mol. The Hall–Kier alpha value is -3.13. The van der Waals surface area contributed by atoms with Crippen molar-refractivity contribution in [1.82, 2.24) is 10.9 Å². The molecule has 136 valence electrons. The van der Waals surface area contributed by atoms with E-state index in [0.717, 1.165) is 23.3 Å². The zero-order valence-electron chi connectivity index (χ0n) is 14.0. The van der Waals surface area contributed by atoms with E-state index in [-0.39, 0.29) is 17.2 Å². The van der Waals surface area contributed by atoms with Crippen LogP contribution in [-0.4, -0.2) is 23.3 Å². The van der Waals surface area contributed by atoms with Gasteiger partial charge in [-0.2, -0.15) is 0 Å². The van der Waals surface area contributed by atoms with Crippen molar-refractivity contribution < 1.29 is 19.2 Å². The lowest BCUT2D eigenvalue weighted by Crippen LogP contribution is -2.44. The van der Waals surface area contributed by atoms with Crippen molar-refractivity contribution in [2.24, 2.45) is 0 Å². The van der Waals surface area contributed by atoms with Gasteiger partial charge >= 0.3 is 0 Å². The molecule has 0 unspecified atom stereocenters. The Bertz CT molecular complexity index is 849. The number of halogens is 1. The van der Waals surface area contributed by atoms with E-state index in [1.54, 1.807) is 0 Å². The molecule has 2 N–H and O–H groups in total. The lowest BCUT2D eigenvalue weighted by atomic mass is 10.1. The molecule has 0 aliphatic heterocycles. The first kappa shape index (κ1) is 19.2. The van der Waals surface area contributed by atoms with Crippen molar-refractivity contribution in [3.05, 3.63) is 68.2 Å². The van der Waals surface area contributed by atoms with Gasteiger partial charge in [-0.05, 0) is 37.1 Å². The summed E-state index contributed by atoms with van der Waals surface area (Å²) in [5.74, 6) is -0.898. The number of hydrogen-bond donors (Lipinski definition) is 2. The smallest absolute Gasteiger partial charge is 0.282 e. The molecule has 0 saturated heterocycles. The Morgan fingerprint density at radius 2 is 1.81 bits per heavy atom. The highest BCUT2D eigenvalue weighted by molar-refractivity contribution is 6.31. The molecule has 0 saturated carbocycles. The summed E-state index contributed by atoms with van der Waals surface area (Å²) in [5.41, 5.74) is 5.31. The number of aryl methyl sites for hydroxylation is 2. The predicted molar refractivity (Wildman–Crippen MR) is 95.1 cm³/mol. The van der Waals surface area contributed by atoms with E-state index in [4.69, 9.17) is 16.3 Å². The van der Waals surface area contributed by atoms with Crippen LogP contribution in [0.3, 0.4) is 0 Å². The third kappa shape index (κ3) is 4.70. The van der Waals surface area contributed by atoms with Crippen molar-refractivity contribution in [2.45, 2.75) is 13.8 Å². The van der Waals surface area contributed by atoms with Crippen molar-refractivity contribution in [1.29, 1.82) is 0 Å². The number of carbonyl (C=O) groups is 2. The van der Waals surface area contributed by atoms with Crippen LogP contribution in [0, 0.1) is 24.0 Å². The van der Waals surface area contributed by atoms with E-state index in [1.807, 2.05) is 32.0 Å². The van der Waals surface area contributed by atoms with E-state index >= 15 is 0 Å². The lowest BCUT2D eigenvalue weighted by Gasteiger charge is -2.12. The van der Waals surface area contributed by atoms with Crippen LogP contribution in [0.2, 0.25) is 5.02 Å². The molecule has 9 heteroatoms. The topological polar surface area (TPSA) is 111 Å². The number of para-hydroxylation sites is 1. The Morgan fingerprint density at radius 3 is 2.42 bits per heavy atom. The molecule has 0 radical (unpaired) electrons. The monoisotopic (exact) mass is 377 g/mol. The number of rotatable bonds is 5. The fraction of sp³-hybridized carbons (Fsp3) is 0.176. The minimum Gasteiger partial charge on any atom is -0.483 e. The summed E-state index contributed by atoms with van der Waals surface area (Å²) in [5, 5.41) is 11.1. The van der Waals surface area contributed by atoms with Gasteiger partial charge in [-0.15, -0.1) is 0 Å². The molecule has 0 aliphatic rings. The number of hydrogen-bond acceptors (Lipinski definition) is 5. The maximum atomic E-state index is 12.1. The van der Waals surface area contributed by atoms with Crippen LogP contribution in [0.15, 0.2) is 36.4 Å². The van der Waals surface area contributed by atoms with Gasteiger partial charge in [-0.1, -0.05) is 29.8 Å². The fourth-order valence-electron chi connectivity index (χ4n) is 2.24. The number of hydrazine groups is 1. The summed E-state index contributed by atoms with van der Waals surface area (Å²) >= 11 is 5.77. The largest absolute Gasteiger partial charge is 0.483 e. The summed E-state index contributed by atoms with van der Waals surface area (Å²) in [6.45, 7) is 3.37. The molecule has 0 bridgehead atoms. The summed E-state index contributed by atoms with van der Waals surface area (Å²) in [6.07, 6.45) is 0. The quantitative estimate of drug-likeness (QED) is 0.614. The highest BCUT2D eigenvalue weighted by Gasteiger charge is 2.21. The SMILES string of the molecule is Cc1cccc(C)c1OCC(=O)NNC(=O)c1cc(Cl)ccc1[N+](=O)[O-]. The molecule has 0 aromatic heterocycles. The highest BCUT2D eigenvalue weighted by Crippen LogP contribution is 2.23. The van der Waals surface area contributed by atoms with Crippen molar-refractivity contribution in [3.8, 4) is 5.75 Å². The molecule has 0 spiro atoms. The van der Waals surface area contributed by atoms with E-state index in [9.17, 15) is 19.7 Å². The van der Waals surface area contributed by atoms with Gasteiger partial charge in [0.2, 0.25) is 0 Å². The van der Waals surface area contributed by atoms with E-state index in [1.165, 1.54) is 6.07 Å². The maximum Gasteiger partial charge on any atom is 0.282 e. The van der Waals surface area contributed by atoms with Crippen LogP contribution in [-0.2, 0) is 4.79 Å². The van der Waals surface area contributed by atoms with Gasteiger partial charge in [0.05, 0.1) is 4.92 Å². The standard InChI is InChI=1S/C17H16ClN3O5/c1-10-4-3-5-11(2)16(10)26-9-15(22)19-20-17(23)13-8-12(18)6-7-14(13)21(24)25/h3-8H,9H2,1-2H3,(H,19,22)(H,20,23). The summed E-state index contributed by atoms with van der Waals surface area (Å²) in [6, 6.07) is 9.13. The van der Waals surface area contributed by atoms with Gasteiger partial charge in [0, 0.05) is 11.1 Å². The zero-order chi connectivity index (χ0) is 19.3. The first-order valence-corrected chi connectivity index (χ1v) is 7.89. The third-order valence-electron chi connectivity index (χ3n) is 3.47. The lowest BCUT2D eigenvalue weighted by molar-refractivity contribution is -0.385. The zero-order valence-corrected chi connectivity index (χ0v) is 14.8. The van der Waals surface area contributed by atoms with Gasteiger partial charge in [0.1, 0.15) is 11.3 Å². The summed E-state index contributed by atoms with van der Waals surface area (Å²) in [7, 11) is 0. The molecule has 26 heavy (non-hydrogen) atoms. The normalized spacial score (nSPS) is 10.1. The number of nitrogens with one attached hydrogen (secondary N) is 2. The van der Waals surface area contributed by atoms with Gasteiger partial charge in [0.15, 0.2) is 6.61 Å². The number of nitro benzene ring substituents is 1. The van der Waals surface area contributed by atoms with Crippen molar-refractivity contribution >= 4 is 29.1 Å². The first-order chi connectivity index (χ1) is 12.3. The van der Waals surface area contributed by atoms with Crippen molar-refractivity contribution in [2.75, 3.05) is 6.61 Å². The van der Waals surface area contributed by atoms with Crippen LogP contribution in [0.25, 0.3) is 0 Å². The Kier molecular flexibility index (Phi) is 6.13. The van der Waals surface area contributed by atoms with Crippen LogP contribution >= 0.6 is 11.6 Å². The van der Waals surface area contributed by atoms with Crippen LogP contribution < -0.4 is 15.6 Å². The number of nitrogens with zero attached hydrogens (tertiary/aromatic N) is 1. The number of ether oxygens (including phenoxy) is 1.